The number of rotatable bonds is 19. The van der Waals surface area contributed by atoms with Crippen molar-refractivity contribution in [2.75, 3.05) is 46.3 Å². The lowest BCUT2D eigenvalue weighted by Crippen LogP contribution is -2.54. The number of nitrogens with zero attached hydrogens (tertiary/aromatic N) is 3. The minimum absolute atomic E-state index is 0.0715. The molecule has 0 radical (unpaired) electrons. The van der Waals surface area contributed by atoms with E-state index < -0.39 is 29.7 Å². The third-order valence-corrected chi connectivity index (χ3v) is 10.1. The first-order chi connectivity index (χ1) is 27.2. The number of pyridine rings is 1. The molecule has 1 saturated heterocycles. The minimum Gasteiger partial charge on any atom is -0.493 e. The average molecular weight is 784 g/mol. The van der Waals surface area contributed by atoms with Gasteiger partial charge in [-0.1, -0.05) is 42.3 Å². The largest absolute Gasteiger partial charge is 0.493 e. The highest BCUT2D eigenvalue weighted by Crippen LogP contribution is 2.33. The molecule has 3 aromatic carbocycles. The van der Waals surface area contributed by atoms with Gasteiger partial charge in [0.2, 0.25) is 11.8 Å². The van der Waals surface area contributed by atoms with Crippen LogP contribution < -0.4 is 29.6 Å². The normalized spacial score (nSPS) is 15.2. The smallest absolute Gasteiger partial charge is 0.264 e. The second kappa shape index (κ2) is 18.8. The first-order valence-corrected chi connectivity index (χ1v) is 19.0. The molecule has 1 aromatic heterocycles. The lowest BCUT2D eigenvalue weighted by atomic mass is 10.0. The number of halogens is 1. The quantitative estimate of drug-likeness (QED) is 0.0649. The SMILES string of the molecule is COc1ccc(CCN(CCCCCNc2cccc3c2C(=O)N(C2CCC(=O)NC2=O)C3=O)Cc2ccc(OCc3ccc(Cl)nc3)c(OC)c2)cc1OC. The topological polar surface area (TPSA) is 149 Å². The fraction of sp³-hybridized carbons (Fsp3) is 0.357. The van der Waals surface area contributed by atoms with Crippen LogP contribution in [-0.2, 0) is 29.2 Å². The molecule has 1 fully saturated rings. The van der Waals surface area contributed by atoms with Crippen molar-refractivity contribution in [2.24, 2.45) is 0 Å². The number of carbonyl (C=O) groups excluding carboxylic acids is 4. The van der Waals surface area contributed by atoms with Gasteiger partial charge in [-0.25, -0.2) is 4.98 Å². The molecule has 1 atom stereocenters. The Morgan fingerprint density at radius 3 is 2.30 bits per heavy atom. The first-order valence-electron chi connectivity index (χ1n) is 18.6. The number of nitrogens with one attached hydrogen (secondary N) is 2. The van der Waals surface area contributed by atoms with Gasteiger partial charge in [-0.05, 0) is 85.8 Å². The number of aromatic nitrogens is 1. The monoisotopic (exact) mass is 783 g/mol. The van der Waals surface area contributed by atoms with E-state index in [2.05, 4.69) is 32.7 Å². The standard InChI is InChI=1S/C42H46ClN5O8/c1-53-33-14-10-27(22-35(33)54-2)18-21-47(25-28-11-15-34(36(23-28)55-3)56-26-29-12-16-37(43)45-24-29)20-6-4-5-19-44-31-9-7-8-30-39(31)42(52)48(41(30)51)32-13-17-38(49)46-40(32)50/h7-12,14-16,22-24,32,44H,4-6,13,17-21,25-26H2,1-3H3,(H,46,49,50). The van der Waals surface area contributed by atoms with Crippen molar-refractivity contribution in [1.82, 2.24) is 20.1 Å². The number of ether oxygens (including phenoxy) is 4. The van der Waals surface area contributed by atoms with E-state index in [4.69, 9.17) is 30.5 Å². The van der Waals surface area contributed by atoms with Gasteiger partial charge in [-0.2, -0.15) is 0 Å². The van der Waals surface area contributed by atoms with Gasteiger partial charge in [-0.3, -0.25) is 34.3 Å². The van der Waals surface area contributed by atoms with E-state index in [9.17, 15) is 19.2 Å². The maximum atomic E-state index is 13.5. The van der Waals surface area contributed by atoms with Crippen molar-refractivity contribution in [3.8, 4) is 23.0 Å². The van der Waals surface area contributed by atoms with Gasteiger partial charge < -0.3 is 24.3 Å². The number of benzene rings is 3. The van der Waals surface area contributed by atoms with Crippen LogP contribution in [0.3, 0.4) is 0 Å². The molecule has 56 heavy (non-hydrogen) atoms. The number of amides is 4. The Morgan fingerprint density at radius 2 is 1.55 bits per heavy atom. The van der Waals surface area contributed by atoms with E-state index in [1.54, 1.807) is 51.8 Å². The average Bonchev–Trinajstić information content (AvgIpc) is 3.46. The second-order valence-corrected chi connectivity index (χ2v) is 14.0. The summed E-state index contributed by atoms with van der Waals surface area (Å²) in [7, 11) is 4.89. The molecular formula is C42H46ClN5O8. The van der Waals surface area contributed by atoms with E-state index in [1.165, 1.54) is 0 Å². The summed E-state index contributed by atoms with van der Waals surface area (Å²) in [6, 6.07) is 19.7. The number of carbonyl (C=O) groups is 4. The van der Waals surface area contributed by atoms with Crippen molar-refractivity contribution >= 4 is 40.9 Å². The molecule has 0 aliphatic carbocycles. The van der Waals surface area contributed by atoms with Gasteiger partial charge in [0.05, 0.1) is 32.5 Å². The van der Waals surface area contributed by atoms with Crippen LogP contribution in [-0.4, -0.2) is 85.4 Å². The fourth-order valence-corrected chi connectivity index (χ4v) is 7.07. The highest BCUT2D eigenvalue weighted by molar-refractivity contribution is 6.29. The summed E-state index contributed by atoms with van der Waals surface area (Å²) < 4.78 is 22.7. The van der Waals surface area contributed by atoms with E-state index >= 15 is 0 Å². The molecule has 3 heterocycles. The van der Waals surface area contributed by atoms with E-state index in [1.807, 2.05) is 30.3 Å². The van der Waals surface area contributed by atoms with Crippen LogP contribution in [0.1, 0.15) is 69.5 Å². The van der Waals surface area contributed by atoms with Crippen molar-refractivity contribution in [3.05, 3.63) is 106 Å². The Bertz CT molecular complexity index is 2060. The predicted molar refractivity (Wildman–Crippen MR) is 211 cm³/mol. The van der Waals surface area contributed by atoms with Crippen molar-refractivity contribution < 1.29 is 38.1 Å². The fourth-order valence-electron chi connectivity index (χ4n) is 6.96. The zero-order valence-corrected chi connectivity index (χ0v) is 32.5. The van der Waals surface area contributed by atoms with Crippen LogP contribution in [0.2, 0.25) is 5.15 Å². The summed E-state index contributed by atoms with van der Waals surface area (Å²) in [4.78, 5) is 58.4. The van der Waals surface area contributed by atoms with Gasteiger partial charge >= 0.3 is 0 Å². The molecule has 13 nitrogen and oxygen atoms in total. The van der Waals surface area contributed by atoms with Crippen LogP contribution in [0, 0.1) is 0 Å². The van der Waals surface area contributed by atoms with Crippen LogP contribution in [0.4, 0.5) is 5.69 Å². The lowest BCUT2D eigenvalue weighted by molar-refractivity contribution is -0.136. The maximum Gasteiger partial charge on any atom is 0.264 e. The minimum atomic E-state index is -1.01. The maximum absolute atomic E-state index is 13.5. The second-order valence-electron chi connectivity index (χ2n) is 13.6. The summed E-state index contributed by atoms with van der Waals surface area (Å²) in [6.45, 7) is 3.25. The van der Waals surface area contributed by atoms with Crippen LogP contribution in [0.15, 0.2) is 72.9 Å². The van der Waals surface area contributed by atoms with Crippen LogP contribution in [0.5, 0.6) is 23.0 Å². The van der Waals surface area contributed by atoms with Crippen molar-refractivity contribution in [3.63, 3.8) is 0 Å². The molecule has 1 unspecified atom stereocenters. The lowest BCUT2D eigenvalue weighted by Gasteiger charge is -2.27. The summed E-state index contributed by atoms with van der Waals surface area (Å²) in [5.41, 5.74) is 4.18. The first kappa shape index (κ1) is 40.0. The van der Waals surface area contributed by atoms with Gasteiger partial charge in [0.1, 0.15) is 17.8 Å². The molecule has 14 heteroatoms. The third kappa shape index (κ3) is 9.58. The molecule has 4 aromatic rings. The number of fused-ring (bicyclic) bond motifs is 1. The van der Waals surface area contributed by atoms with Crippen LogP contribution in [0.25, 0.3) is 0 Å². The van der Waals surface area contributed by atoms with E-state index in [0.29, 0.717) is 53.5 Å². The molecule has 2 N–H and O–H groups in total. The van der Waals surface area contributed by atoms with E-state index in [0.717, 1.165) is 60.4 Å². The number of imide groups is 2. The molecule has 0 bridgehead atoms. The summed E-state index contributed by atoms with van der Waals surface area (Å²) in [6.07, 6.45) is 5.34. The summed E-state index contributed by atoms with van der Waals surface area (Å²) in [5, 5.41) is 6.01. The van der Waals surface area contributed by atoms with Gasteiger partial charge in [0.15, 0.2) is 23.0 Å². The van der Waals surface area contributed by atoms with Crippen molar-refractivity contribution in [2.45, 2.75) is 57.7 Å². The van der Waals surface area contributed by atoms with Crippen molar-refractivity contribution in [1.29, 1.82) is 0 Å². The molecule has 0 saturated carbocycles. The highest BCUT2D eigenvalue weighted by atomic mass is 35.5. The number of piperidine rings is 1. The van der Waals surface area contributed by atoms with Gasteiger partial charge in [-0.15, -0.1) is 0 Å². The molecule has 294 valence electrons. The van der Waals surface area contributed by atoms with E-state index in [-0.39, 0.29) is 24.0 Å². The Kier molecular flexibility index (Phi) is 13.4. The molecular weight excluding hydrogens is 738 g/mol. The molecule has 4 amide bonds. The van der Waals surface area contributed by atoms with Gasteiger partial charge in [0, 0.05) is 43.5 Å². The Labute approximate surface area is 331 Å². The number of hydrogen-bond acceptors (Lipinski definition) is 11. The molecule has 2 aliphatic rings. The highest BCUT2D eigenvalue weighted by Gasteiger charge is 2.45. The zero-order chi connectivity index (χ0) is 39.6. The summed E-state index contributed by atoms with van der Waals surface area (Å²) >= 11 is 5.93. The number of unbranched alkanes of at least 4 members (excludes halogenated alkanes) is 2. The Balaban J connectivity index is 1.06. The zero-order valence-electron chi connectivity index (χ0n) is 31.8. The van der Waals surface area contributed by atoms with Crippen LogP contribution >= 0.6 is 11.6 Å². The number of anilines is 1. The molecule has 0 spiro atoms. The molecule has 6 rings (SSSR count). The number of methoxy groups -OCH3 is 3. The Hall–Kier alpha value is -5.66. The Morgan fingerprint density at radius 1 is 0.821 bits per heavy atom. The third-order valence-electron chi connectivity index (χ3n) is 9.92. The summed E-state index contributed by atoms with van der Waals surface area (Å²) in [5.74, 6) is 0.572. The predicted octanol–water partition coefficient (Wildman–Crippen LogP) is 6.07. The molecule has 2 aliphatic heterocycles. The number of hydrogen-bond donors (Lipinski definition) is 2. The van der Waals surface area contributed by atoms with Gasteiger partial charge in [0.25, 0.3) is 11.8 Å².